The molecule has 0 saturated carbocycles. The lowest BCUT2D eigenvalue weighted by Gasteiger charge is -2.12. The number of nitrogens with two attached hydrogens (primary N) is 1. The monoisotopic (exact) mass is 434 g/mol. The molecule has 1 aromatic carbocycles. The minimum Gasteiger partial charge on any atom is -0.497 e. The van der Waals surface area contributed by atoms with Crippen LogP contribution in [0.4, 0.5) is 10.5 Å². The maximum absolute atomic E-state index is 12.1. The molecule has 10 nitrogen and oxygen atoms in total. The molecule has 11 heteroatoms. The zero-order chi connectivity index (χ0) is 22.1. The zero-order valence-corrected chi connectivity index (χ0v) is 18.0. The average molecular weight is 435 g/mol. The topological polar surface area (TPSA) is 141 Å². The van der Waals surface area contributed by atoms with Crippen molar-refractivity contribution in [1.29, 1.82) is 0 Å². The Bertz CT molecular complexity index is 882. The number of anilines is 1. The number of benzene rings is 1. The summed E-state index contributed by atoms with van der Waals surface area (Å²) in [6, 6.07) is 6.10. The first-order valence-electron chi connectivity index (χ1n) is 9.36. The SMILES string of the molecule is COc1ccc(NC(=O)NC(=O)CSc2nnc(CCC(N)=O)n2CC(C)C)cc1. The van der Waals surface area contributed by atoms with Gasteiger partial charge in [-0.3, -0.25) is 14.9 Å². The van der Waals surface area contributed by atoms with Crippen LogP contribution in [-0.2, 0) is 22.6 Å². The quantitative estimate of drug-likeness (QED) is 0.484. The molecular formula is C19H26N6O4S. The van der Waals surface area contributed by atoms with E-state index in [2.05, 4.69) is 20.8 Å². The first-order valence-corrected chi connectivity index (χ1v) is 10.3. The summed E-state index contributed by atoms with van der Waals surface area (Å²) in [7, 11) is 1.55. The van der Waals surface area contributed by atoms with Gasteiger partial charge in [-0.05, 0) is 30.2 Å². The second-order valence-electron chi connectivity index (χ2n) is 6.89. The Kier molecular flexibility index (Phi) is 8.66. The Morgan fingerprint density at radius 1 is 1.20 bits per heavy atom. The highest BCUT2D eigenvalue weighted by atomic mass is 32.2. The number of rotatable bonds is 10. The van der Waals surface area contributed by atoms with E-state index in [4.69, 9.17) is 10.5 Å². The third kappa shape index (κ3) is 7.39. The summed E-state index contributed by atoms with van der Waals surface area (Å²) in [5, 5.41) is 13.6. The third-order valence-electron chi connectivity index (χ3n) is 3.87. The predicted molar refractivity (Wildman–Crippen MR) is 113 cm³/mol. The molecule has 30 heavy (non-hydrogen) atoms. The maximum atomic E-state index is 12.1. The number of nitrogens with zero attached hydrogens (tertiary/aromatic N) is 3. The fraction of sp³-hybridized carbons (Fsp3) is 0.421. The minimum atomic E-state index is -0.628. The lowest BCUT2D eigenvalue weighted by atomic mass is 10.2. The van der Waals surface area contributed by atoms with Crippen LogP contribution in [0.3, 0.4) is 0 Å². The van der Waals surface area contributed by atoms with Crippen molar-refractivity contribution in [2.75, 3.05) is 18.2 Å². The van der Waals surface area contributed by atoms with Crippen molar-refractivity contribution < 1.29 is 19.1 Å². The highest BCUT2D eigenvalue weighted by Crippen LogP contribution is 2.19. The summed E-state index contributed by atoms with van der Waals surface area (Å²) < 4.78 is 6.93. The average Bonchev–Trinajstić information content (AvgIpc) is 3.06. The van der Waals surface area contributed by atoms with E-state index in [0.717, 1.165) is 0 Å². The van der Waals surface area contributed by atoms with Gasteiger partial charge in [0, 0.05) is 25.1 Å². The van der Waals surface area contributed by atoms with Crippen LogP contribution in [0, 0.1) is 5.92 Å². The number of amides is 4. The number of ether oxygens (including phenoxy) is 1. The number of primary amides is 1. The molecule has 0 atom stereocenters. The number of thioether (sulfide) groups is 1. The normalized spacial score (nSPS) is 10.7. The predicted octanol–water partition coefficient (Wildman–Crippen LogP) is 1.80. The summed E-state index contributed by atoms with van der Waals surface area (Å²) in [5.74, 6) is 0.727. The van der Waals surface area contributed by atoms with Crippen LogP contribution in [0.25, 0.3) is 0 Å². The van der Waals surface area contributed by atoms with E-state index in [1.54, 1.807) is 31.4 Å². The van der Waals surface area contributed by atoms with Crippen LogP contribution >= 0.6 is 11.8 Å². The Morgan fingerprint density at radius 2 is 1.90 bits per heavy atom. The van der Waals surface area contributed by atoms with Gasteiger partial charge in [0.2, 0.25) is 11.8 Å². The van der Waals surface area contributed by atoms with Gasteiger partial charge in [0.05, 0.1) is 12.9 Å². The van der Waals surface area contributed by atoms with Crippen molar-refractivity contribution in [3.8, 4) is 5.75 Å². The van der Waals surface area contributed by atoms with Gasteiger partial charge in [0.25, 0.3) is 0 Å². The molecule has 1 aromatic heterocycles. The second-order valence-corrected chi connectivity index (χ2v) is 7.83. The molecule has 0 saturated heterocycles. The van der Waals surface area contributed by atoms with Crippen molar-refractivity contribution in [2.24, 2.45) is 11.7 Å². The maximum Gasteiger partial charge on any atom is 0.325 e. The van der Waals surface area contributed by atoms with Crippen molar-refractivity contribution >= 4 is 35.3 Å². The van der Waals surface area contributed by atoms with Crippen molar-refractivity contribution in [3.05, 3.63) is 30.1 Å². The highest BCUT2D eigenvalue weighted by molar-refractivity contribution is 7.99. The number of nitrogens with one attached hydrogen (secondary N) is 2. The summed E-state index contributed by atoms with van der Waals surface area (Å²) in [5.41, 5.74) is 5.75. The van der Waals surface area contributed by atoms with Crippen molar-refractivity contribution in [3.63, 3.8) is 0 Å². The van der Waals surface area contributed by atoms with E-state index < -0.39 is 17.8 Å². The number of carbonyl (C=O) groups excluding carboxylic acids is 3. The largest absolute Gasteiger partial charge is 0.497 e. The molecule has 0 fully saturated rings. The first-order chi connectivity index (χ1) is 14.3. The Balaban J connectivity index is 1.90. The number of imide groups is 1. The number of urea groups is 1. The van der Waals surface area contributed by atoms with E-state index in [-0.39, 0.29) is 12.2 Å². The molecule has 162 valence electrons. The molecule has 4 amide bonds. The van der Waals surface area contributed by atoms with Gasteiger partial charge in [-0.15, -0.1) is 10.2 Å². The molecule has 0 aliphatic rings. The van der Waals surface area contributed by atoms with Gasteiger partial charge in [-0.1, -0.05) is 25.6 Å². The molecule has 0 bridgehead atoms. The van der Waals surface area contributed by atoms with Gasteiger partial charge >= 0.3 is 6.03 Å². The molecule has 0 aliphatic heterocycles. The molecule has 2 aromatic rings. The van der Waals surface area contributed by atoms with Gasteiger partial charge in [-0.2, -0.15) is 0 Å². The van der Waals surface area contributed by atoms with Crippen LogP contribution < -0.4 is 21.1 Å². The van der Waals surface area contributed by atoms with Crippen LogP contribution in [0.5, 0.6) is 5.75 Å². The van der Waals surface area contributed by atoms with Crippen molar-refractivity contribution in [1.82, 2.24) is 20.1 Å². The van der Waals surface area contributed by atoms with Crippen LogP contribution in [0.15, 0.2) is 29.4 Å². The summed E-state index contributed by atoms with van der Waals surface area (Å²) >= 11 is 1.17. The number of aromatic nitrogens is 3. The zero-order valence-electron chi connectivity index (χ0n) is 17.2. The Morgan fingerprint density at radius 3 is 2.50 bits per heavy atom. The Labute approximate surface area is 178 Å². The number of methoxy groups -OCH3 is 1. The van der Waals surface area contributed by atoms with Crippen LogP contribution in [0.2, 0.25) is 0 Å². The van der Waals surface area contributed by atoms with Gasteiger partial charge < -0.3 is 20.4 Å². The van der Waals surface area contributed by atoms with E-state index in [9.17, 15) is 14.4 Å². The van der Waals surface area contributed by atoms with E-state index in [1.165, 1.54) is 11.8 Å². The van der Waals surface area contributed by atoms with Crippen molar-refractivity contribution in [2.45, 2.75) is 38.4 Å². The van der Waals surface area contributed by atoms with Gasteiger partial charge in [0.1, 0.15) is 11.6 Å². The van der Waals surface area contributed by atoms with E-state index in [0.29, 0.717) is 41.3 Å². The Hall–Kier alpha value is -3.08. The summed E-state index contributed by atoms with van der Waals surface area (Å²) in [4.78, 5) is 35.2. The molecule has 0 radical (unpaired) electrons. The number of hydrogen-bond donors (Lipinski definition) is 3. The van der Waals surface area contributed by atoms with Gasteiger partial charge in [-0.25, -0.2) is 4.79 Å². The standard InChI is InChI=1S/C19H26N6O4S/c1-12(2)10-25-16(9-8-15(20)26)23-24-19(25)30-11-17(27)22-18(28)21-13-4-6-14(29-3)7-5-13/h4-7,12H,8-11H2,1-3H3,(H2,20,26)(H2,21,22,27,28). The molecule has 0 spiro atoms. The number of hydrogen-bond acceptors (Lipinski definition) is 7. The lowest BCUT2D eigenvalue weighted by Crippen LogP contribution is -2.35. The minimum absolute atomic E-state index is 0.0118. The molecule has 2 rings (SSSR count). The molecule has 4 N–H and O–H groups in total. The fourth-order valence-corrected chi connectivity index (χ4v) is 3.29. The summed E-state index contributed by atoms with van der Waals surface area (Å²) in [6.07, 6.45) is 0.555. The molecule has 0 unspecified atom stereocenters. The van der Waals surface area contributed by atoms with Crippen LogP contribution in [0.1, 0.15) is 26.1 Å². The lowest BCUT2D eigenvalue weighted by molar-refractivity contribution is -0.118. The first kappa shape index (κ1) is 23.2. The highest BCUT2D eigenvalue weighted by Gasteiger charge is 2.16. The number of aryl methyl sites for hydroxylation is 1. The summed E-state index contributed by atoms with van der Waals surface area (Å²) in [6.45, 7) is 4.73. The fourth-order valence-electron chi connectivity index (χ4n) is 2.52. The molecule has 1 heterocycles. The van der Waals surface area contributed by atoms with Gasteiger partial charge in [0.15, 0.2) is 5.16 Å². The van der Waals surface area contributed by atoms with Crippen LogP contribution in [-0.4, -0.2) is 45.5 Å². The number of carbonyl (C=O) groups is 3. The second kappa shape index (κ2) is 11.2. The van der Waals surface area contributed by atoms with E-state index in [1.807, 2.05) is 18.4 Å². The smallest absolute Gasteiger partial charge is 0.325 e. The molecule has 0 aliphatic carbocycles. The third-order valence-corrected chi connectivity index (χ3v) is 4.84. The molecular weight excluding hydrogens is 408 g/mol. The van der Waals surface area contributed by atoms with E-state index >= 15 is 0 Å².